The van der Waals surface area contributed by atoms with Crippen LogP contribution in [0, 0.1) is 5.92 Å². The highest BCUT2D eigenvalue weighted by Gasteiger charge is 2.27. The standard InChI is InChI=1S/C20H20Br2N4O/c21-15-5-1-3-13(9-15)11-23-19(27)14-4-2-8-26(12-14)20-24-17-7-6-16(22)10-18(17)25-20/h1,3,5-7,9-10,14H,2,4,8,11-12H2,(H,23,27)(H,24,25)/t14-/m0/s1. The Hall–Kier alpha value is -1.86. The topological polar surface area (TPSA) is 61.0 Å². The maximum atomic E-state index is 12.7. The normalized spacial score (nSPS) is 17.3. The quantitative estimate of drug-likeness (QED) is 0.559. The molecule has 1 atom stereocenters. The van der Waals surface area contributed by atoms with E-state index in [1.165, 1.54) is 0 Å². The molecule has 1 fully saturated rings. The van der Waals surface area contributed by atoms with E-state index in [9.17, 15) is 4.79 Å². The van der Waals surface area contributed by atoms with Crippen molar-refractivity contribution in [1.29, 1.82) is 0 Å². The van der Waals surface area contributed by atoms with Gasteiger partial charge in [0.2, 0.25) is 11.9 Å². The van der Waals surface area contributed by atoms with Gasteiger partial charge in [0.05, 0.1) is 17.0 Å². The van der Waals surface area contributed by atoms with Crippen LogP contribution in [0.3, 0.4) is 0 Å². The summed E-state index contributed by atoms with van der Waals surface area (Å²) < 4.78 is 2.04. The lowest BCUT2D eigenvalue weighted by molar-refractivity contribution is -0.125. The van der Waals surface area contributed by atoms with Gasteiger partial charge >= 0.3 is 0 Å². The molecule has 27 heavy (non-hydrogen) atoms. The molecule has 0 bridgehead atoms. The molecule has 140 valence electrons. The molecule has 1 aliphatic rings. The number of halogens is 2. The number of anilines is 1. The fourth-order valence-corrected chi connectivity index (χ4v) is 4.29. The number of amides is 1. The van der Waals surface area contributed by atoms with Crippen molar-refractivity contribution < 1.29 is 4.79 Å². The van der Waals surface area contributed by atoms with Crippen LogP contribution < -0.4 is 10.2 Å². The van der Waals surface area contributed by atoms with Crippen LogP contribution in [0.1, 0.15) is 18.4 Å². The van der Waals surface area contributed by atoms with Gasteiger partial charge in [-0.2, -0.15) is 0 Å². The molecule has 3 aromatic rings. The van der Waals surface area contributed by atoms with Crippen molar-refractivity contribution in [2.24, 2.45) is 5.92 Å². The highest BCUT2D eigenvalue weighted by molar-refractivity contribution is 9.10. The fraction of sp³-hybridized carbons (Fsp3) is 0.300. The average Bonchev–Trinajstić information content (AvgIpc) is 3.09. The zero-order chi connectivity index (χ0) is 18.8. The Labute approximate surface area is 174 Å². The minimum absolute atomic E-state index is 0.0224. The molecule has 1 saturated heterocycles. The van der Waals surface area contributed by atoms with E-state index in [0.717, 1.165) is 50.9 Å². The number of rotatable bonds is 4. The molecule has 2 heterocycles. The molecule has 0 aliphatic carbocycles. The van der Waals surface area contributed by atoms with Gasteiger partial charge in [-0.25, -0.2) is 4.98 Å². The first-order valence-corrected chi connectivity index (χ1v) is 10.6. The van der Waals surface area contributed by atoms with Crippen molar-refractivity contribution in [1.82, 2.24) is 15.3 Å². The molecule has 4 rings (SSSR count). The first-order valence-electron chi connectivity index (χ1n) is 9.01. The van der Waals surface area contributed by atoms with E-state index in [0.29, 0.717) is 13.1 Å². The second-order valence-electron chi connectivity index (χ2n) is 6.85. The zero-order valence-electron chi connectivity index (χ0n) is 14.7. The number of nitrogens with zero attached hydrogens (tertiary/aromatic N) is 2. The number of aromatic nitrogens is 2. The van der Waals surface area contributed by atoms with E-state index in [1.807, 2.05) is 42.5 Å². The summed E-state index contributed by atoms with van der Waals surface area (Å²) in [6.45, 7) is 2.15. The first kappa shape index (κ1) is 18.5. The maximum absolute atomic E-state index is 12.7. The van der Waals surface area contributed by atoms with Gasteiger partial charge in [-0.3, -0.25) is 4.79 Å². The number of piperidine rings is 1. The molecular formula is C20H20Br2N4O. The van der Waals surface area contributed by atoms with Crippen LogP contribution >= 0.6 is 31.9 Å². The van der Waals surface area contributed by atoms with Gasteiger partial charge in [0.15, 0.2) is 0 Å². The van der Waals surface area contributed by atoms with Gasteiger partial charge < -0.3 is 15.2 Å². The van der Waals surface area contributed by atoms with Crippen LogP contribution in [0.15, 0.2) is 51.4 Å². The monoisotopic (exact) mass is 490 g/mol. The second-order valence-corrected chi connectivity index (χ2v) is 8.69. The lowest BCUT2D eigenvalue weighted by Crippen LogP contribution is -2.43. The minimum Gasteiger partial charge on any atom is -0.352 e. The average molecular weight is 492 g/mol. The van der Waals surface area contributed by atoms with Crippen LogP contribution in [0.5, 0.6) is 0 Å². The Balaban J connectivity index is 1.41. The van der Waals surface area contributed by atoms with E-state index in [1.54, 1.807) is 0 Å². The van der Waals surface area contributed by atoms with Crippen molar-refractivity contribution in [3.63, 3.8) is 0 Å². The molecule has 0 unspecified atom stereocenters. The van der Waals surface area contributed by atoms with E-state index < -0.39 is 0 Å². The molecule has 1 aromatic heterocycles. The number of fused-ring (bicyclic) bond motifs is 1. The summed E-state index contributed by atoms with van der Waals surface area (Å²) in [7, 11) is 0. The number of benzene rings is 2. The number of hydrogen-bond donors (Lipinski definition) is 2. The molecular weight excluding hydrogens is 472 g/mol. The Morgan fingerprint density at radius 1 is 1.22 bits per heavy atom. The lowest BCUT2D eigenvalue weighted by atomic mass is 9.97. The van der Waals surface area contributed by atoms with Crippen LogP contribution in [0.2, 0.25) is 0 Å². The SMILES string of the molecule is O=C(NCc1cccc(Br)c1)[C@H]1CCCN(c2nc3ccc(Br)cc3[nH]2)C1. The number of nitrogens with one attached hydrogen (secondary N) is 2. The van der Waals surface area contributed by atoms with Crippen LogP contribution in [-0.4, -0.2) is 29.0 Å². The van der Waals surface area contributed by atoms with Gasteiger partial charge in [-0.05, 0) is 48.7 Å². The van der Waals surface area contributed by atoms with Crippen molar-refractivity contribution in [3.05, 3.63) is 57.0 Å². The lowest BCUT2D eigenvalue weighted by Gasteiger charge is -2.31. The number of H-pyrrole nitrogens is 1. The van der Waals surface area contributed by atoms with E-state index in [2.05, 4.69) is 52.0 Å². The molecule has 7 heteroatoms. The van der Waals surface area contributed by atoms with Crippen LogP contribution in [-0.2, 0) is 11.3 Å². The molecule has 0 radical (unpaired) electrons. The maximum Gasteiger partial charge on any atom is 0.225 e. The predicted octanol–water partition coefficient (Wildman–Crippen LogP) is 4.62. The van der Waals surface area contributed by atoms with E-state index in [-0.39, 0.29) is 11.8 Å². The highest BCUT2D eigenvalue weighted by atomic mass is 79.9. The van der Waals surface area contributed by atoms with Gasteiger partial charge in [0.25, 0.3) is 0 Å². The second kappa shape index (κ2) is 8.02. The third kappa shape index (κ3) is 4.35. The third-order valence-electron chi connectivity index (χ3n) is 4.88. The molecule has 1 aliphatic heterocycles. The van der Waals surface area contributed by atoms with Gasteiger partial charge in [0, 0.05) is 28.6 Å². The van der Waals surface area contributed by atoms with Crippen molar-refractivity contribution >= 4 is 54.7 Å². The zero-order valence-corrected chi connectivity index (χ0v) is 17.9. The smallest absolute Gasteiger partial charge is 0.225 e. The predicted molar refractivity (Wildman–Crippen MR) is 115 cm³/mol. The number of carbonyl (C=O) groups is 1. The summed E-state index contributed by atoms with van der Waals surface area (Å²) in [5.41, 5.74) is 3.03. The fourth-order valence-electron chi connectivity index (χ4n) is 3.48. The Kier molecular flexibility index (Phi) is 5.50. The summed E-state index contributed by atoms with van der Waals surface area (Å²) in [6, 6.07) is 14.0. The number of aromatic amines is 1. The van der Waals surface area contributed by atoms with Gasteiger partial charge in [-0.1, -0.05) is 44.0 Å². The van der Waals surface area contributed by atoms with Gasteiger partial charge in [0.1, 0.15) is 0 Å². The Bertz CT molecular complexity index is 972. The Morgan fingerprint density at radius 3 is 2.93 bits per heavy atom. The van der Waals surface area contributed by atoms with Crippen LogP contribution in [0.4, 0.5) is 5.95 Å². The van der Waals surface area contributed by atoms with Gasteiger partial charge in [-0.15, -0.1) is 0 Å². The summed E-state index contributed by atoms with van der Waals surface area (Å²) in [4.78, 5) is 22.9. The van der Waals surface area contributed by atoms with Crippen molar-refractivity contribution in [3.8, 4) is 0 Å². The molecule has 2 aromatic carbocycles. The summed E-state index contributed by atoms with van der Waals surface area (Å²) in [5.74, 6) is 0.928. The third-order valence-corrected chi connectivity index (χ3v) is 5.87. The molecule has 1 amide bonds. The summed E-state index contributed by atoms with van der Waals surface area (Å²) in [5, 5.41) is 3.08. The van der Waals surface area contributed by atoms with Crippen molar-refractivity contribution in [2.75, 3.05) is 18.0 Å². The van der Waals surface area contributed by atoms with Crippen molar-refractivity contribution in [2.45, 2.75) is 19.4 Å². The summed E-state index contributed by atoms with van der Waals surface area (Å²) >= 11 is 6.96. The number of imidazole rings is 1. The van der Waals surface area contributed by atoms with E-state index in [4.69, 9.17) is 0 Å². The minimum atomic E-state index is -0.0224. The molecule has 2 N–H and O–H groups in total. The molecule has 0 spiro atoms. The largest absolute Gasteiger partial charge is 0.352 e. The Morgan fingerprint density at radius 2 is 2.07 bits per heavy atom. The number of hydrogen-bond acceptors (Lipinski definition) is 3. The van der Waals surface area contributed by atoms with E-state index >= 15 is 0 Å². The van der Waals surface area contributed by atoms with Crippen LogP contribution in [0.25, 0.3) is 11.0 Å². The summed E-state index contributed by atoms with van der Waals surface area (Å²) in [6.07, 6.45) is 1.89. The molecule has 0 saturated carbocycles. The molecule has 5 nitrogen and oxygen atoms in total. The highest BCUT2D eigenvalue weighted by Crippen LogP contribution is 2.25. The first-order chi connectivity index (χ1) is 13.1. The number of carbonyl (C=O) groups excluding carboxylic acids is 1.